The summed E-state index contributed by atoms with van der Waals surface area (Å²) in [4.78, 5) is 0. The number of rotatable bonds is 0. The van der Waals surface area contributed by atoms with Crippen molar-refractivity contribution in [2.24, 2.45) is 0 Å². The summed E-state index contributed by atoms with van der Waals surface area (Å²) < 4.78 is 0. The first-order valence-corrected chi connectivity index (χ1v) is 9.10. The molecule has 2 aliphatic carbocycles. The van der Waals surface area contributed by atoms with Crippen LogP contribution in [0.25, 0.3) is 21.9 Å². The molecule has 0 heterocycles. The van der Waals surface area contributed by atoms with Crippen molar-refractivity contribution in [1.82, 2.24) is 0 Å². The molecule has 6 rings (SSSR count). The largest absolute Gasteiger partial charge is 0.0619 e. The number of benzene rings is 4. The molecule has 4 aromatic carbocycles. The highest BCUT2D eigenvalue weighted by Gasteiger charge is 2.26. The summed E-state index contributed by atoms with van der Waals surface area (Å²) in [6.07, 6.45) is 3.21. The van der Waals surface area contributed by atoms with Crippen LogP contribution in [0.3, 0.4) is 0 Å². The van der Waals surface area contributed by atoms with E-state index in [0.29, 0.717) is 0 Å². The highest BCUT2D eigenvalue weighted by molar-refractivity contribution is 5.89. The number of hydrogen-bond acceptors (Lipinski definition) is 0. The van der Waals surface area contributed by atoms with Crippen molar-refractivity contribution in [3.05, 3.63) is 106 Å². The van der Waals surface area contributed by atoms with Gasteiger partial charge in [-0.05, 0) is 74.5 Å². The number of fused-ring (bicyclic) bond motifs is 8. The van der Waals surface area contributed by atoms with E-state index >= 15 is 0 Å². The van der Waals surface area contributed by atoms with Gasteiger partial charge in [0.2, 0.25) is 0 Å². The Morgan fingerprint density at radius 2 is 1.20 bits per heavy atom. The molecule has 0 amide bonds. The van der Waals surface area contributed by atoms with Crippen LogP contribution in [0.1, 0.15) is 33.4 Å². The van der Waals surface area contributed by atoms with Crippen molar-refractivity contribution in [3.8, 4) is 11.1 Å². The maximum Gasteiger partial charge on any atom is -0.00133 e. The third-order valence-electron chi connectivity index (χ3n) is 6.04. The Kier molecular flexibility index (Phi) is 2.59. The molecule has 0 fully saturated rings. The van der Waals surface area contributed by atoms with Crippen LogP contribution in [0.4, 0.5) is 0 Å². The summed E-state index contributed by atoms with van der Waals surface area (Å²) in [5.74, 6) is 0. The van der Waals surface area contributed by atoms with E-state index < -0.39 is 0 Å². The standard InChI is InChI=1S/C25H18/c1-3-7-21-16(5-1)9-10-18-15-24-19(14-23(18)21)11-12-20-13-17-6-2-4-8-22(17)25(20)24/h1-12H,13-15H2. The molecule has 0 nitrogen and oxygen atoms in total. The van der Waals surface area contributed by atoms with Gasteiger partial charge < -0.3 is 0 Å². The lowest BCUT2D eigenvalue weighted by molar-refractivity contribution is 1.01. The van der Waals surface area contributed by atoms with Gasteiger partial charge in [-0.1, -0.05) is 72.8 Å². The van der Waals surface area contributed by atoms with Gasteiger partial charge in [-0.25, -0.2) is 0 Å². The zero-order valence-electron chi connectivity index (χ0n) is 14.0. The zero-order chi connectivity index (χ0) is 16.4. The van der Waals surface area contributed by atoms with Gasteiger partial charge in [0.05, 0.1) is 0 Å². The maximum atomic E-state index is 2.38. The monoisotopic (exact) mass is 318 g/mol. The van der Waals surface area contributed by atoms with Gasteiger partial charge in [0.1, 0.15) is 0 Å². The molecule has 0 spiro atoms. The second kappa shape index (κ2) is 4.83. The van der Waals surface area contributed by atoms with Crippen molar-refractivity contribution < 1.29 is 0 Å². The predicted octanol–water partition coefficient (Wildman–Crippen LogP) is 5.91. The summed E-state index contributed by atoms with van der Waals surface area (Å²) in [6.45, 7) is 0. The van der Waals surface area contributed by atoms with Crippen molar-refractivity contribution >= 4 is 10.8 Å². The van der Waals surface area contributed by atoms with E-state index in [-0.39, 0.29) is 0 Å². The van der Waals surface area contributed by atoms with E-state index in [0.717, 1.165) is 19.3 Å². The highest BCUT2D eigenvalue weighted by atomic mass is 14.3. The van der Waals surface area contributed by atoms with Gasteiger partial charge in [-0.15, -0.1) is 0 Å². The van der Waals surface area contributed by atoms with Gasteiger partial charge in [-0.3, -0.25) is 0 Å². The molecular formula is C25H18. The Labute approximate surface area is 147 Å². The van der Waals surface area contributed by atoms with Crippen LogP contribution in [0.5, 0.6) is 0 Å². The van der Waals surface area contributed by atoms with Gasteiger partial charge in [-0.2, -0.15) is 0 Å². The first-order valence-electron chi connectivity index (χ1n) is 9.10. The van der Waals surface area contributed by atoms with E-state index in [1.165, 1.54) is 49.7 Å². The van der Waals surface area contributed by atoms with Gasteiger partial charge in [0, 0.05) is 0 Å². The average Bonchev–Trinajstić information content (AvgIpc) is 3.05. The Balaban J connectivity index is 1.59. The van der Waals surface area contributed by atoms with Crippen molar-refractivity contribution in [1.29, 1.82) is 0 Å². The quantitative estimate of drug-likeness (QED) is 0.327. The first kappa shape index (κ1) is 13.4. The maximum absolute atomic E-state index is 2.38. The smallest absolute Gasteiger partial charge is 0.00133 e. The first-order chi connectivity index (χ1) is 12.4. The molecule has 0 aromatic heterocycles. The SMILES string of the molecule is c1ccc2c(c1)Cc1ccc3c(c1-2)Cc1ccc2ccccc2c1C3. The fourth-order valence-corrected chi connectivity index (χ4v) is 4.85. The minimum atomic E-state index is 1.06. The second-order valence-corrected chi connectivity index (χ2v) is 7.35. The predicted molar refractivity (Wildman–Crippen MR) is 104 cm³/mol. The minimum Gasteiger partial charge on any atom is -0.0619 e. The van der Waals surface area contributed by atoms with Gasteiger partial charge >= 0.3 is 0 Å². The van der Waals surface area contributed by atoms with Crippen LogP contribution in [-0.4, -0.2) is 0 Å². The lowest BCUT2D eigenvalue weighted by Crippen LogP contribution is -2.09. The van der Waals surface area contributed by atoms with Crippen molar-refractivity contribution in [2.45, 2.75) is 19.3 Å². The molecule has 25 heavy (non-hydrogen) atoms. The van der Waals surface area contributed by atoms with Crippen molar-refractivity contribution in [2.75, 3.05) is 0 Å². The van der Waals surface area contributed by atoms with Gasteiger partial charge in [0.15, 0.2) is 0 Å². The normalized spacial score (nSPS) is 13.9. The zero-order valence-corrected chi connectivity index (χ0v) is 14.0. The van der Waals surface area contributed by atoms with E-state index in [2.05, 4.69) is 72.8 Å². The topological polar surface area (TPSA) is 0 Å². The summed E-state index contributed by atoms with van der Waals surface area (Å²) >= 11 is 0. The third kappa shape index (κ3) is 1.83. The molecule has 0 heteroatoms. The summed E-state index contributed by atoms with van der Waals surface area (Å²) in [7, 11) is 0. The molecule has 118 valence electrons. The molecule has 0 radical (unpaired) electrons. The highest BCUT2D eigenvalue weighted by Crippen LogP contribution is 2.44. The van der Waals surface area contributed by atoms with Crippen LogP contribution in [0, 0.1) is 0 Å². The van der Waals surface area contributed by atoms with Crippen LogP contribution >= 0.6 is 0 Å². The number of hydrogen-bond donors (Lipinski definition) is 0. The fraction of sp³-hybridized carbons (Fsp3) is 0.120. The Hall–Kier alpha value is -2.86. The summed E-state index contributed by atoms with van der Waals surface area (Å²) in [5, 5.41) is 2.78. The van der Waals surface area contributed by atoms with E-state index in [4.69, 9.17) is 0 Å². The molecule has 4 aromatic rings. The molecule has 0 unspecified atom stereocenters. The lowest BCUT2D eigenvalue weighted by Gasteiger charge is -2.24. The summed E-state index contributed by atoms with van der Waals surface area (Å²) in [5.41, 5.74) is 12.1. The lowest BCUT2D eigenvalue weighted by atomic mass is 9.80. The molecule has 0 aliphatic heterocycles. The minimum absolute atomic E-state index is 1.06. The molecular weight excluding hydrogens is 300 g/mol. The van der Waals surface area contributed by atoms with Gasteiger partial charge in [0.25, 0.3) is 0 Å². The Morgan fingerprint density at radius 3 is 2.20 bits per heavy atom. The van der Waals surface area contributed by atoms with Crippen LogP contribution < -0.4 is 0 Å². The third-order valence-corrected chi connectivity index (χ3v) is 6.04. The molecule has 2 aliphatic rings. The van der Waals surface area contributed by atoms with Crippen LogP contribution in [-0.2, 0) is 19.3 Å². The van der Waals surface area contributed by atoms with Crippen LogP contribution in [0.15, 0.2) is 72.8 Å². The molecule has 0 bridgehead atoms. The van der Waals surface area contributed by atoms with Crippen molar-refractivity contribution in [3.63, 3.8) is 0 Å². The second-order valence-electron chi connectivity index (χ2n) is 7.35. The van der Waals surface area contributed by atoms with E-state index in [9.17, 15) is 0 Å². The molecule has 0 atom stereocenters. The average molecular weight is 318 g/mol. The Bertz CT molecular complexity index is 1160. The molecule has 0 N–H and O–H groups in total. The summed E-state index contributed by atoms with van der Waals surface area (Å²) in [6, 6.07) is 27.1. The molecule has 0 saturated carbocycles. The Morgan fingerprint density at radius 1 is 0.480 bits per heavy atom. The fourth-order valence-electron chi connectivity index (χ4n) is 4.85. The van der Waals surface area contributed by atoms with E-state index in [1.54, 1.807) is 5.56 Å². The van der Waals surface area contributed by atoms with Crippen LogP contribution in [0.2, 0.25) is 0 Å². The molecule has 0 saturated heterocycles. The van der Waals surface area contributed by atoms with E-state index in [1.807, 2.05) is 0 Å².